The third-order valence-electron chi connectivity index (χ3n) is 2.16. The van der Waals surface area contributed by atoms with Crippen LogP contribution in [0.4, 0.5) is 0 Å². The number of pyridine rings is 1. The van der Waals surface area contributed by atoms with E-state index in [1.165, 1.54) is 0 Å². The van der Waals surface area contributed by atoms with Crippen molar-refractivity contribution in [3.63, 3.8) is 0 Å². The van der Waals surface area contributed by atoms with Crippen LogP contribution in [-0.4, -0.2) is 21.2 Å². The number of hydrogen-bond acceptors (Lipinski definition) is 5. The topological polar surface area (TPSA) is 113 Å². The third-order valence-corrected chi connectivity index (χ3v) is 2.16. The van der Waals surface area contributed by atoms with Crippen molar-refractivity contribution < 1.29 is 78.3 Å². The number of hydrogen-bond donors (Lipinski definition) is 3. The smallest absolute Gasteiger partial charge is 0.545 e. The number of aromatic hydroxyl groups is 2. The van der Waals surface area contributed by atoms with Gasteiger partial charge in [-0.05, 0) is 12.1 Å². The summed E-state index contributed by atoms with van der Waals surface area (Å²) < 4.78 is 0. The summed E-state index contributed by atoms with van der Waals surface area (Å²) in [7, 11) is 0. The molecule has 0 amide bonds. The zero-order valence-electron chi connectivity index (χ0n) is 8.85. The van der Waals surface area contributed by atoms with Gasteiger partial charge in [0.15, 0.2) is 11.5 Å². The maximum atomic E-state index is 11.3. The Hall–Kier alpha value is -0.695. The number of carbonyl (C=O) groups excluding carboxylic acids is 1. The van der Waals surface area contributed by atoms with E-state index >= 15 is 0 Å². The van der Waals surface area contributed by atoms with Crippen LogP contribution in [-0.2, 0) is 0 Å². The molecule has 2 rings (SSSR count). The summed E-state index contributed by atoms with van der Waals surface area (Å²) in [6.07, 6.45) is 0. The quantitative estimate of drug-likeness (QED) is 0.469. The number of benzene rings is 1. The average Bonchev–Trinajstić information content (AvgIpc) is 2.19. The molecule has 82 valence electrons. The average molecular weight is 306 g/mol. The number of aromatic amines is 1. The molecule has 0 saturated heterocycles. The molecular formula is C10H6NO5Rb. The van der Waals surface area contributed by atoms with E-state index in [9.17, 15) is 24.9 Å². The van der Waals surface area contributed by atoms with Crippen molar-refractivity contribution in [3.8, 4) is 11.5 Å². The fraction of sp³-hybridized carbons (Fsp3) is 0. The zero-order valence-corrected chi connectivity index (χ0v) is 13.8. The molecule has 1 heterocycles. The maximum absolute atomic E-state index is 11.3. The molecule has 7 heteroatoms. The summed E-state index contributed by atoms with van der Waals surface area (Å²) in [6, 6.07) is 3.35. The summed E-state index contributed by atoms with van der Waals surface area (Å²) >= 11 is 0. The SMILES string of the molecule is O=C([O-])c1cc2cc(O)c(O)cc2[nH]c1=O.[Rb+]. The van der Waals surface area contributed by atoms with Gasteiger partial charge in [0.05, 0.1) is 17.0 Å². The van der Waals surface area contributed by atoms with Crippen LogP contribution < -0.4 is 68.9 Å². The first-order chi connectivity index (χ1) is 7.49. The van der Waals surface area contributed by atoms with Gasteiger partial charge in [-0.25, -0.2) is 0 Å². The summed E-state index contributed by atoms with van der Waals surface area (Å²) in [5.74, 6) is -2.40. The molecule has 0 fully saturated rings. The van der Waals surface area contributed by atoms with Crippen molar-refractivity contribution in [2.24, 2.45) is 0 Å². The summed E-state index contributed by atoms with van der Waals surface area (Å²) in [5, 5.41) is 29.3. The van der Waals surface area contributed by atoms with E-state index in [-0.39, 0.29) is 69.1 Å². The molecule has 2 aromatic rings. The molecule has 0 saturated carbocycles. The number of carboxylic acid groups (broad SMARTS) is 1. The number of phenols is 2. The number of aromatic nitrogens is 1. The number of carboxylic acids is 1. The Labute approximate surface area is 144 Å². The van der Waals surface area contributed by atoms with Crippen LogP contribution in [0, 0.1) is 0 Å². The van der Waals surface area contributed by atoms with Gasteiger partial charge in [-0.3, -0.25) is 4.79 Å². The monoisotopic (exact) mass is 305 g/mol. The molecule has 0 radical (unpaired) electrons. The fourth-order valence-electron chi connectivity index (χ4n) is 1.38. The number of fused-ring (bicyclic) bond motifs is 1. The number of H-pyrrole nitrogens is 1. The zero-order chi connectivity index (χ0) is 11.9. The molecule has 0 aliphatic rings. The van der Waals surface area contributed by atoms with Crippen molar-refractivity contribution in [2.45, 2.75) is 0 Å². The van der Waals surface area contributed by atoms with Crippen LogP contribution in [0.25, 0.3) is 10.9 Å². The standard InChI is InChI=1S/C10H7NO5.Rb/c12-7-2-4-1-5(10(15)16)9(14)11-6(4)3-8(7)13;/h1-3,12-13H,(H,11,14)(H,15,16);/q;+1/p-1. The molecule has 0 spiro atoms. The molecule has 0 bridgehead atoms. The van der Waals surface area contributed by atoms with Gasteiger partial charge in [0.25, 0.3) is 5.56 Å². The summed E-state index contributed by atoms with van der Waals surface area (Å²) in [5.41, 5.74) is -1.12. The van der Waals surface area contributed by atoms with E-state index in [1.807, 2.05) is 0 Å². The van der Waals surface area contributed by atoms with Gasteiger partial charge < -0.3 is 25.1 Å². The van der Waals surface area contributed by atoms with Gasteiger partial charge in [0.2, 0.25) is 0 Å². The number of aromatic carboxylic acids is 1. The van der Waals surface area contributed by atoms with E-state index in [0.29, 0.717) is 0 Å². The maximum Gasteiger partial charge on any atom is 1.00 e. The second-order valence-corrected chi connectivity index (χ2v) is 3.23. The minimum Gasteiger partial charge on any atom is -0.545 e. The van der Waals surface area contributed by atoms with Crippen molar-refractivity contribution in [3.05, 3.63) is 34.1 Å². The Morgan fingerprint density at radius 3 is 2.35 bits per heavy atom. The van der Waals surface area contributed by atoms with Crippen LogP contribution in [0.3, 0.4) is 0 Å². The van der Waals surface area contributed by atoms with E-state index in [4.69, 9.17) is 0 Å². The summed E-state index contributed by atoms with van der Waals surface area (Å²) in [6.45, 7) is 0. The van der Waals surface area contributed by atoms with Crippen LogP contribution in [0.2, 0.25) is 0 Å². The van der Waals surface area contributed by atoms with E-state index < -0.39 is 28.6 Å². The molecule has 17 heavy (non-hydrogen) atoms. The first-order valence-corrected chi connectivity index (χ1v) is 4.29. The molecule has 6 nitrogen and oxygen atoms in total. The molecular weight excluding hydrogens is 300 g/mol. The second-order valence-electron chi connectivity index (χ2n) is 3.23. The van der Waals surface area contributed by atoms with Gasteiger partial charge in [-0.2, -0.15) is 0 Å². The third kappa shape index (κ3) is 2.76. The van der Waals surface area contributed by atoms with Crippen molar-refractivity contribution in [1.82, 2.24) is 4.98 Å². The Morgan fingerprint density at radius 2 is 1.76 bits per heavy atom. The second kappa shape index (κ2) is 5.30. The molecule has 1 aromatic carbocycles. The van der Waals surface area contributed by atoms with Crippen molar-refractivity contribution in [2.75, 3.05) is 0 Å². The van der Waals surface area contributed by atoms with E-state index in [2.05, 4.69) is 4.98 Å². The van der Waals surface area contributed by atoms with Crippen molar-refractivity contribution in [1.29, 1.82) is 0 Å². The molecule has 1 aromatic heterocycles. The van der Waals surface area contributed by atoms with E-state index in [0.717, 1.165) is 18.2 Å². The largest absolute Gasteiger partial charge is 1.00 e. The number of phenolic OH excluding ortho intramolecular Hbond substituents is 2. The molecule has 0 unspecified atom stereocenters. The van der Waals surface area contributed by atoms with Crippen LogP contribution in [0.15, 0.2) is 23.0 Å². The van der Waals surface area contributed by atoms with Crippen LogP contribution in [0.1, 0.15) is 10.4 Å². The predicted molar refractivity (Wildman–Crippen MR) is 52.2 cm³/mol. The first-order valence-electron chi connectivity index (χ1n) is 4.29. The molecule has 3 N–H and O–H groups in total. The predicted octanol–water partition coefficient (Wildman–Crippen LogP) is -3.69. The van der Waals surface area contributed by atoms with Crippen molar-refractivity contribution >= 4 is 16.9 Å². The van der Waals surface area contributed by atoms with Crippen LogP contribution >= 0.6 is 0 Å². The Morgan fingerprint density at radius 1 is 1.18 bits per heavy atom. The number of carbonyl (C=O) groups is 1. The minimum atomic E-state index is -1.60. The Kier molecular flexibility index (Phi) is 4.48. The van der Waals surface area contributed by atoms with Gasteiger partial charge in [0, 0.05) is 11.5 Å². The Bertz CT molecular complexity index is 649. The molecule has 0 aliphatic carbocycles. The van der Waals surface area contributed by atoms with Crippen LogP contribution in [0.5, 0.6) is 11.5 Å². The van der Waals surface area contributed by atoms with Gasteiger partial charge >= 0.3 is 58.2 Å². The minimum absolute atomic E-state index is 0. The fourth-order valence-corrected chi connectivity index (χ4v) is 1.38. The molecule has 0 atom stereocenters. The summed E-state index contributed by atoms with van der Waals surface area (Å²) in [4.78, 5) is 24.1. The van der Waals surface area contributed by atoms with Gasteiger partial charge in [0.1, 0.15) is 0 Å². The number of rotatable bonds is 1. The molecule has 0 aliphatic heterocycles. The normalized spacial score (nSPS) is 9.88. The number of nitrogens with one attached hydrogen (secondary N) is 1. The Balaban J connectivity index is 0.00000144. The van der Waals surface area contributed by atoms with Gasteiger partial charge in [-0.1, -0.05) is 0 Å². The van der Waals surface area contributed by atoms with Gasteiger partial charge in [-0.15, -0.1) is 0 Å². The van der Waals surface area contributed by atoms with E-state index in [1.54, 1.807) is 0 Å². The first kappa shape index (κ1) is 14.4.